The number of oxime groups is 1. The van der Waals surface area contributed by atoms with Crippen molar-refractivity contribution in [3.05, 3.63) is 0 Å². The van der Waals surface area contributed by atoms with Gasteiger partial charge in [0, 0.05) is 23.6 Å². The van der Waals surface area contributed by atoms with Crippen molar-refractivity contribution in [3.63, 3.8) is 0 Å². The number of nitrogens with two attached hydrogens (primary N) is 1. The van der Waals surface area contributed by atoms with Crippen molar-refractivity contribution < 1.29 is 10.0 Å². The maximum atomic E-state index is 12.4. The second-order valence-corrected chi connectivity index (χ2v) is 6.92. The van der Waals surface area contributed by atoms with Crippen molar-refractivity contribution in [1.82, 2.24) is 4.90 Å². The number of hydrogen-bond donors (Lipinski definition) is 2. The minimum absolute atomic E-state index is 0.0341. The van der Waals surface area contributed by atoms with Gasteiger partial charge in [0.25, 0.3) is 0 Å². The highest BCUT2D eigenvalue weighted by Crippen LogP contribution is 2.48. The Kier molecular flexibility index (Phi) is 3.25. The van der Waals surface area contributed by atoms with Gasteiger partial charge in [0.15, 0.2) is 5.84 Å². The quantitative estimate of drug-likeness (QED) is 0.333. The molecular formula is C11H19N3O2S. The van der Waals surface area contributed by atoms with Crippen molar-refractivity contribution in [1.29, 1.82) is 0 Å². The van der Waals surface area contributed by atoms with Crippen LogP contribution in [0.1, 0.15) is 26.7 Å². The summed E-state index contributed by atoms with van der Waals surface area (Å²) >= 11 is 1.90. The summed E-state index contributed by atoms with van der Waals surface area (Å²) in [6.07, 6.45) is 1.41. The number of hydrogen-bond acceptors (Lipinski definition) is 4. The summed E-state index contributed by atoms with van der Waals surface area (Å²) in [5, 5.41) is 12.7. The van der Waals surface area contributed by atoms with Crippen LogP contribution in [0.15, 0.2) is 5.16 Å². The van der Waals surface area contributed by atoms with Crippen LogP contribution in [0.5, 0.6) is 0 Å². The second-order valence-electron chi connectivity index (χ2n) is 5.03. The van der Waals surface area contributed by atoms with Crippen LogP contribution < -0.4 is 5.73 Å². The number of nitrogens with zero attached hydrogens (tertiary/aromatic N) is 2. The monoisotopic (exact) mass is 257 g/mol. The van der Waals surface area contributed by atoms with Gasteiger partial charge < -0.3 is 15.8 Å². The van der Waals surface area contributed by atoms with Gasteiger partial charge in [-0.05, 0) is 12.8 Å². The molecule has 1 heterocycles. The van der Waals surface area contributed by atoms with E-state index in [1.807, 2.05) is 16.7 Å². The molecule has 1 aliphatic heterocycles. The predicted molar refractivity (Wildman–Crippen MR) is 68.2 cm³/mol. The standard InChI is InChI=1S/C11H19N3O2S/c1-7-5-14(6-8(2)17-7)10(15)11(3-4-11)9(12)13-16/h7-8,16H,3-6H2,1-2H3,(H2,12,13). The fourth-order valence-corrected chi connectivity index (χ4v) is 3.77. The van der Waals surface area contributed by atoms with E-state index in [2.05, 4.69) is 19.0 Å². The minimum atomic E-state index is -0.698. The molecule has 96 valence electrons. The van der Waals surface area contributed by atoms with Gasteiger partial charge in [-0.15, -0.1) is 0 Å². The van der Waals surface area contributed by atoms with Gasteiger partial charge in [0.1, 0.15) is 5.41 Å². The van der Waals surface area contributed by atoms with E-state index in [1.165, 1.54) is 0 Å². The maximum Gasteiger partial charge on any atom is 0.236 e. The number of carbonyl (C=O) groups excluding carboxylic acids is 1. The minimum Gasteiger partial charge on any atom is -0.409 e. The Hall–Kier alpha value is -0.910. The highest BCUT2D eigenvalue weighted by molar-refractivity contribution is 8.00. The molecule has 1 aliphatic carbocycles. The lowest BCUT2D eigenvalue weighted by atomic mass is 10.0. The molecule has 1 amide bonds. The SMILES string of the molecule is CC1CN(C(=O)C2(C(N)=NO)CC2)CC(C)S1. The molecule has 2 atom stereocenters. The summed E-state index contributed by atoms with van der Waals surface area (Å²) in [5.74, 6) is 0.104. The number of thioether (sulfide) groups is 1. The molecule has 6 heteroatoms. The van der Waals surface area contributed by atoms with Crippen LogP contribution >= 0.6 is 11.8 Å². The lowest BCUT2D eigenvalue weighted by molar-refractivity contribution is -0.134. The highest BCUT2D eigenvalue weighted by atomic mass is 32.2. The topological polar surface area (TPSA) is 78.9 Å². The van der Waals surface area contributed by atoms with Gasteiger partial charge in [-0.25, -0.2) is 0 Å². The van der Waals surface area contributed by atoms with Gasteiger partial charge in [-0.1, -0.05) is 19.0 Å². The Bertz CT molecular complexity index is 345. The van der Waals surface area contributed by atoms with Gasteiger partial charge >= 0.3 is 0 Å². The van der Waals surface area contributed by atoms with Crippen LogP contribution in [0.3, 0.4) is 0 Å². The van der Waals surface area contributed by atoms with E-state index < -0.39 is 5.41 Å². The summed E-state index contributed by atoms with van der Waals surface area (Å²) in [4.78, 5) is 14.3. The zero-order chi connectivity index (χ0) is 12.6. The second kappa shape index (κ2) is 4.40. The Morgan fingerprint density at radius 3 is 2.35 bits per heavy atom. The lowest BCUT2D eigenvalue weighted by Gasteiger charge is -2.36. The molecule has 3 N–H and O–H groups in total. The van der Waals surface area contributed by atoms with E-state index in [9.17, 15) is 4.79 Å². The molecule has 0 spiro atoms. The molecule has 0 bridgehead atoms. The molecule has 2 rings (SSSR count). The summed E-state index contributed by atoms with van der Waals surface area (Å²) in [5.41, 5.74) is 4.94. The molecule has 17 heavy (non-hydrogen) atoms. The summed E-state index contributed by atoms with van der Waals surface area (Å²) in [7, 11) is 0. The third-order valence-corrected chi connectivity index (χ3v) is 4.69. The van der Waals surface area contributed by atoms with Crippen molar-refractivity contribution in [3.8, 4) is 0 Å². The molecule has 5 nitrogen and oxygen atoms in total. The molecule has 0 aromatic rings. The Balaban J connectivity index is 2.10. The van der Waals surface area contributed by atoms with E-state index in [0.29, 0.717) is 23.3 Å². The van der Waals surface area contributed by atoms with E-state index in [1.54, 1.807) is 0 Å². The fraction of sp³-hybridized carbons (Fsp3) is 0.818. The first-order chi connectivity index (χ1) is 7.99. The molecule has 0 aromatic heterocycles. The predicted octanol–water partition coefficient (Wildman–Crippen LogP) is 0.865. The van der Waals surface area contributed by atoms with Crippen molar-refractivity contribution in [2.45, 2.75) is 37.2 Å². The van der Waals surface area contributed by atoms with Gasteiger partial charge in [-0.2, -0.15) is 11.8 Å². The smallest absolute Gasteiger partial charge is 0.236 e. The summed E-state index contributed by atoms with van der Waals surface area (Å²) in [6.45, 7) is 5.77. The molecule has 0 aromatic carbocycles. The normalized spacial score (nSPS) is 32.4. The number of amidine groups is 1. The third-order valence-electron chi connectivity index (χ3n) is 3.46. The lowest BCUT2D eigenvalue weighted by Crippen LogP contribution is -2.50. The van der Waals surface area contributed by atoms with E-state index >= 15 is 0 Å². The number of amides is 1. The van der Waals surface area contributed by atoms with E-state index in [-0.39, 0.29) is 11.7 Å². The van der Waals surface area contributed by atoms with Crippen molar-refractivity contribution in [2.24, 2.45) is 16.3 Å². The van der Waals surface area contributed by atoms with E-state index in [4.69, 9.17) is 10.9 Å². The Labute approximate surface area is 105 Å². The first kappa shape index (κ1) is 12.5. The van der Waals surface area contributed by atoms with Crippen LogP contribution in [0.4, 0.5) is 0 Å². The summed E-state index contributed by atoms with van der Waals surface area (Å²) in [6, 6.07) is 0. The summed E-state index contributed by atoms with van der Waals surface area (Å²) < 4.78 is 0. The molecule has 2 aliphatic rings. The first-order valence-corrected chi connectivity index (χ1v) is 6.86. The van der Waals surface area contributed by atoms with Crippen LogP contribution in [0, 0.1) is 5.41 Å². The van der Waals surface area contributed by atoms with Gasteiger partial charge in [-0.3, -0.25) is 4.79 Å². The van der Waals surface area contributed by atoms with Crippen molar-refractivity contribution in [2.75, 3.05) is 13.1 Å². The van der Waals surface area contributed by atoms with Gasteiger partial charge in [0.05, 0.1) is 0 Å². The zero-order valence-corrected chi connectivity index (χ0v) is 11.0. The highest BCUT2D eigenvalue weighted by Gasteiger charge is 2.56. The van der Waals surface area contributed by atoms with Crippen LogP contribution in [-0.2, 0) is 4.79 Å². The third kappa shape index (κ3) is 2.22. The zero-order valence-electron chi connectivity index (χ0n) is 10.2. The first-order valence-electron chi connectivity index (χ1n) is 5.92. The average Bonchev–Trinajstić information content (AvgIpc) is 3.07. The Morgan fingerprint density at radius 2 is 1.94 bits per heavy atom. The molecule has 1 saturated carbocycles. The molecule has 2 fully saturated rings. The molecular weight excluding hydrogens is 238 g/mol. The van der Waals surface area contributed by atoms with E-state index in [0.717, 1.165) is 13.1 Å². The van der Waals surface area contributed by atoms with Crippen molar-refractivity contribution >= 4 is 23.5 Å². The van der Waals surface area contributed by atoms with Crippen LogP contribution in [-0.4, -0.2) is 45.4 Å². The van der Waals surface area contributed by atoms with Crippen LogP contribution in [0.25, 0.3) is 0 Å². The largest absolute Gasteiger partial charge is 0.409 e. The fourth-order valence-electron chi connectivity index (χ4n) is 2.45. The van der Waals surface area contributed by atoms with Crippen LogP contribution in [0.2, 0.25) is 0 Å². The number of rotatable bonds is 2. The number of carbonyl (C=O) groups is 1. The molecule has 1 saturated heterocycles. The van der Waals surface area contributed by atoms with Gasteiger partial charge in [0.2, 0.25) is 5.91 Å². The molecule has 0 radical (unpaired) electrons. The Morgan fingerprint density at radius 1 is 1.41 bits per heavy atom. The molecule has 2 unspecified atom stereocenters. The maximum absolute atomic E-state index is 12.4. The average molecular weight is 257 g/mol.